The molecule has 1 fully saturated rings. The van der Waals surface area contributed by atoms with Gasteiger partial charge < -0.3 is 15.0 Å². The summed E-state index contributed by atoms with van der Waals surface area (Å²) in [6.45, 7) is 7.56. The van der Waals surface area contributed by atoms with Gasteiger partial charge in [-0.05, 0) is 44.2 Å². The standard InChI is InChI=1S/C20H29FN2O3/c1-14(2)10-13-26-15(3)19(24)22-16-8-11-23(12-9-16)20(25)17-6-4-5-7-18(17)21/h4-7,14-16H,8-13H2,1-3H3,(H,22,24). The molecule has 1 unspecified atom stereocenters. The van der Waals surface area contributed by atoms with Gasteiger partial charge in [-0.15, -0.1) is 0 Å². The lowest BCUT2D eigenvalue weighted by Crippen LogP contribution is -2.49. The lowest BCUT2D eigenvalue weighted by molar-refractivity contribution is -0.132. The number of hydrogen-bond donors (Lipinski definition) is 1. The van der Waals surface area contributed by atoms with Crippen molar-refractivity contribution in [2.24, 2.45) is 5.92 Å². The highest BCUT2D eigenvalue weighted by Crippen LogP contribution is 2.16. The van der Waals surface area contributed by atoms with E-state index in [-0.39, 0.29) is 23.4 Å². The number of benzene rings is 1. The van der Waals surface area contributed by atoms with Crippen molar-refractivity contribution in [3.8, 4) is 0 Å². The number of carbonyl (C=O) groups excluding carboxylic acids is 2. The highest BCUT2D eigenvalue weighted by Gasteiger charge is 2.27. The summed E-state index contributed by atoms with van der Waals surface area (Å²) in [4.78, 5) is 26.3. The van der Waals surface area contributed by atoms with Crippen LogP contribution in [-0.4, -0.2) is 48.6 Å². The van der Waals surface area contributed by atoms with Gasteiger partial charge in [0.15, 0.2) is 0 Å². The van der Waals surface area contributed by atoms with Crippen molar-refractivity contribution in [2.75, 3.05) is 19.7 Å². The van der Waals surface area contributed by atoms with Gasteiger partial charge in [-0.1, -0.05) is 26.0 Å². The molecule has 1 aliphatic rings. The van der Waals surface area contributed by atoms with E-state index in [1.165, 1.54) is 12.1 Å². The highest BCUT2D eigenvalue weighted by molar-refractivity contribution is 5.94. The second kappa shape index (κ2) is 9.67. The van der Waals surface area contributed by atoms with Gasteiger partial charge in [-0.25, -0.2) is 4.39 Å². The third kappa shape index (κ3) is 5.80. The molecule has 1 saturated heterocycles. The Labute approximate surface area is 154 Å². The van der Waals surface area contributed by atoms with E-state index < -0.39 is 11.9 Å². The van der Waals surface area contributed by atoms with Crippen molar-refractivity contribution in [1.82, 2.24) is 10.2 Å². The molecule has 1 aromatic rings. The van der Waals surface area contributed by atoms with E-state index in [1.54, 1.807) is 24.0 Å². The summed E-state index contributed by atoms with van der Waals surface area (Å²) in [5.74, 6) is -0.368. The van der Waals surface area contributed by atoms with Crippen LogP contribution in [0.1, 0.15) is 50.4 Å². The number of likely N-dealkylation sites (tertiary alicyclic amines) is 1. The predicted octanol–water partition coefficient (Wildman–Crippen LogP) is 3.00. The van der Waals surface area contributed by atoms with Crippen LogP contribution in [0.2, 0.25) is 0 Å². The van der Waals surface area contributed by atoms with Gasteiger partial charge in [0.05, 0.1) is 5.56 Å². The van der Waals surface area contributed by atoms with Crippen molar-refractivity contribution in [2.45, 2.75) is 52.2 Å². The minimum Gasteiger partial charge on any atom is -0.369 e. The molecule has 0 aliphatic carbocycles. The first-order chi connectivity index (χ1) is 12.4. The summed E-state index contributed by atoms with van der Waals surface area (Å²) in [5, 5.41) is 2.99. The van der Waals surface area contributed by atoms with Crippen LogP contribution in [0.15, 0.2) is 24.3 Å². The number of carbonyl (C=O) groups is 2. The summed E-state index contributed by atoms with van der Waals surface area (Å²) in [7, 11) is 0. The zero-order chi connectivity index (χ0) is 19.1. The fourth-order valence-corrected chi connectivity index (χ4v) is 2.91. The lowest BCUT2D eigenvalue weighted by Gasteiger charge is -2.33. The van der Waals surface area contributed by atoms with E-state index in [9.17, 15) is 14.0 Å². The number of ether oxygens (including phenoxy) is 1. The SMILES string of the molecule is CC(C)CCOC(C)C(=O)NC1CCN(C(=O)c2ccccc2F)CC1. The summed E-state index contributed by atoms with van der Waals surface area (Å²) in [5.41, 5.74) is 0.0992. The molecule has 1 atom stereocenters. The van der Waals surface area contributed by atoms with Crippen LogP contribution >= 0.6 is 0 Å². The number of halogens is 1. The quantitative estimate of drug-likeness (QED) is 0.809. The van der Waals surface area contributed by atoms with Crippen molar-refractivity contribution >= 4 is 11.8 Å². The monoisotopic (exact) mass is 364 g/mol. The van der Waals surface area contributed by atoms with Crippen LogP contribution in [-0.2, 0) is 9.53 Å². The van der Waals surface area contributed by atoms with E-state index in [0.29, 0.717) is 38.5 Å². The first-order valence-electron chi connectivity index (χ1n) is 9.34. The molecular weight excluding hydrogens is 335 g/mol. The highest BCUT2D eigenvalue weighted by atomic mass is 19.1. The second-order valence-electron chi connectivity index (χ2n) is 7.25. The summed E-state index contributed by atoms with van der Waals surface area (Å²) < 4.78 is 19.3. The molecule has 1 heterocycles. The minimum atomic E-state index is -0.500. The third-order valence-corrected chi connectivity index (χ3v) is 4.67. The normalized spacial score (nSPS) is 16.6. The Morgan fingerprint density at radius 3 is 2.50 bits per heavy atom. The minimum absolute atomic E-state index is 0.0170. The van der Waals surface area contributed by atoms with Gasteiger partial charge in [0.25, 0.3) is 5.91 Å². The van der Waals surface area contributed by atoms with Crippen LogP contribution < -0.4 is 5.32 Å². The summed E-state index contributed by atoms with van der Waals surface area (Å²) in [6, 6.07) is 6.04. The molecule has 0 aromatic heterocycles. The average Bonchev–Trinajstić information content (AvgIpc) is 2.61. The van der Waals surface area contributed by atoms with Crippen molar-refractivity contribution in [3.05, 3.63) is 35.6 Å². The first kappa shape index (κ1) is 20.4. The Bertz CT molecular complexity index is 613. The Morgan fingerprint density at radius 2 is 1.88 bits per heavy atom. The van der Waals surface area contributed by atoms with Gasteiger partial charge in [-0.2, -0.15) is 0 Å². The van der Waals surface area contributed by atoms with E-state index in [4.69, 9.17) is 4.74 Å². The largest absolute Gasteiger partial charge is 0.369 e. The predicted molar refractivity (Wildman–Crippen MR) is 98.3 cm³/mol. The fraction of sp³-hybridized carbons (Fsp3) is 0.600. The molecule has 1 aliphatic heterocycles. The summed E-state index contributed by atoms with van der Waals surface area (Å²) in [6.07, 6.45) is 1.76. The number of nitrogens with one attached hydrogen (secondary N) is 1. The topological polar surface area (TPSA) is 58.6 Å². The Balaban J connectivity index is 1.77. The molecule has 5 nitrogen and oxygen atoms in total. The first-order valence-corrected chi connectivity index (χ1v) is 9.34. The molecule has 6 heteroatoms. The van der Waals surface area contributed by atoms with Crippen molar-refractivity contribution < 1.29 is 18.7 Å². The molecule has 0 saturated carbocycles. The molecule has 2 rings (SSSR count). The molecule has 26 heavy (non-hydrogen) atoms. The third-order valence-electron chi connectivity index (χ3n) is 4.67. The van der Waals surface area contributed by atoms with E-state index >= 15 is 0 Å². The van der Waals surface area contributed by atoms with Crippen LogP contribution in [0.25, 0.3) is 0 Å². The Morgan fingerprint density at radius 1 is 1.23 bits per heavy atom. The van der Waals surface area contributed by atoms with Gasteiger partial charge in [-0.3, -0.25) is 9.59 Å². The lowest BCUT2D eigenvalue weighted by atomic mass is 10.0. The van der Waals surface area contributed by atoms with Gasteiger partial charge in [0.2, 0.25) is 5.91 Å². The van der Waals surface area contributed by atoms with Crippen LogP contribution in [0.3, 0.4) is 0 Å². The van der Waals surface area contributed by atoms with Crippen LogP contribution in [0.4, 0.5) is 4.39 Å². The molecule has 1 aromatic carbocycles. The Kier molecular flexibility index (Phi) is 7.57. The smallest absolute Gasteiger partial charge is 0.256 e. The number of hydrogen-bond acceptors (Lipinski definition) is 3. The van der Waals surface area contributed by atoms with Gasteiger partial charge in [0.1, 0.15) is 11.9 Å². The number of rotatable bonds is 7. The summed E-state index contributed by atoms with van der Waals surface area (Å²) >= 11 is 0. The zero-order valence-electron chi connectivity index (χ0n) is 15.8. The maximum absolute atomic E-state index is 13.8. The molecule has 2 amide bonds. The molecular formula is C20H29FN2O3. The number of amides is 2. The van der Waals surface area contributed by atoms with Gasteiger partial charge >= 0.3 is 0 Å². The van der Waals surface area contributed by atoms with Crippen LogP contribution in [0.5, 0.6) is 0 Å². The van der Waals surface area contributed by atoms with Crippen LogP contribution in [0, 0.1) is 11.7 Å². The van der Waals surface area contributed by atoms with E-state index in [1.807, 2.05) is 0 Å². The Hall–Kier alpha value is -1.95. The van der Waals surface area contributed by atoms with Crippen molar-refractivity contribution in [1.29, 1.82) is 0 Å². The second-order valence-corrected chi connectivity index (χ2v) is 7.25. The van der Waals surface area contributed by atoms with E-state index in [0.717, 1.165) is 6.42 Å². The fourth-order valence-electron chi connectivity index (χ4n) is 2.91. The molecule has 1 N–H and O–H groups in total. The maximum atomic E-state index is 13.8. The number of nitrogens with zero attached hydrogens (tertiary/aromatic N) is 1. The van der Waals surface area contributed by atoms with Crippen molar-refractivity contribution in [3.63, 3.8) is 0 Å². The average molecular weight is 364 g/mol. The number of piperidine rings is 1. The maximum Gasteiger partial charge on any atom is 0.256 e. The van der Waals surface area contributed by atoms with Gasteiger partial charge in [0, 0.05) is 25.7 Å². The molecule has 0 bridgehead atoms. The molecule has 0 radical (unpaired) electrons. The van der Waals surface area contributed by atoms with E-state index in [2.05, 4.69) is 19.2 Å². The molecule has 0 spiro atoms. The zero-order valence-corrected chi connectivity index (χ0v) is 15.8. The molecule has 144 valence electrons.